The average molecular weight is 281 g/mol. The Labute approximate surface area is 123 Å². The van der Waals surface area contributed by atoms with Crippen molar-refractivity contribution in [2.45, 2.75) is 50.7 Å². The van der Waals surface area contributed by atoms with E-state index in [0.717, 1.165) is 25.7 Å². The molecule has 20 heavy (non-hydrogen) atoms. The minimum absolute atomic E-state index is 0.481. The van der Waals surface area contributed by atoms with Crippen LogP contribution in [0.1, 0.15) is 38.5 Å². The monoisotopic (exact) mass is 281 g/mol. The molecule has 0 aromatic rings. The van der Waals surface area contributed by atoms with Crippen molar-refractivity contribution in [1.29, 1.82) is 0 Å². The van der Waals surface area contributed by atoms with Crippen molar-refractivity contribution in [3.05, 3.63) is 0 Å². The molecule has 3 aliphatic heterocycles. The Morgan fingerprint density at radius 2 is 1.90 bits per heavy atom. The molecular weight excluding hydrogens is 250 g/mol. The van der Waals surface area contributed by atoms with Crippen molar-refractivity contribution < 1.29 is 4.74 Å². The smallest absolute Gasteiger partial charge is 0.0700 e. The quantitative estimate of drug-likeness (QED) is 0.743. The third kappa shape index (κ3) is 4.17. The van der Waals surface area contributed by atoms with Crippen LogP contribution in [0.4, 0.5) is 0 Å². The van der Waals surface area contributed by atoms with Gasteiger partial charge >= 0.3 is 0 Å². The van der Waals surface area contributed by atoms with Crippen molar-refractivity contribution >= 4 is 0 Å². The van der Waals surface area contributed by atoms with Crippen LogP contribution < -0.4 is 5.32 Å². The first-order chi connectivity index (χ1) is 9.92. The highest BCUT2D eigenvalue weighted by atomic mass is 16.5. The van der Waals surface area contributed by atoms with Gasteiger partial charge in [0.25, 0.3) is 0 Å². The molecule has 3 aliphatic rings. The molecule has 3 saturated heterocycles. The zero-order valence-corrected chi connectivity index (χ0v) is 12.9. The summed E-state index contributed by atoms with van der Waals surface area (Å²) >= 11 is 0. The van der Waals surface area contributed by atoms with Crippen LogP contribution in [0, 0.1) is 0 Å². The Bertz CT molecular complexity index is 275. The highest BCUT2D eigenvalue weighted by Gasteiger charge is 2.27. The number of rotatable bonds is 6. The lowest BCUT2D eigenvalue weighted by Gasteiger charge is -2.32. The molecule has 0 bridgehead atoms. The Morgan fingerprint density at radius 3 is 2.70 bits per heavy atom. The van der Waals surface area contributed by atoms with E-state index >= 15 is 0 Å². The topological polar surface area (TPSA) is 27.7 Å². The SMILES string of the molecule is C1CCN(C2CCN(CCNCC3CCCO3)C2)CC1. The van der Waals surface area contributed by atoms with Gasteiger partial charge in [-0.25, -0.2) is 0 Å². The summed E-state index contributed by atoms with van der Waals surface area (Å²) in [6, 6.07) is 0.841. The van der Waals surface area contributed by atoms with Crippen LogP contribution >= 0.6 is 0 Å². The van der Waals surface area contributed by atoms with E-state index in [4.69, 9.17) is 4.74 Å². The normalized spacial score (nSPS) is 33.0. The largest absolute Gasteiger partial charge is 0.377 e. The van der Waals surface area contributed by atoms with Crippen LogP contribution in [0.25, 0.3) is 0 Å². The number of nitrogens with one attached hydrogen (secondary N) is 1. The maximum Gasteiger partial charge on any atom is 0.0700 e. The molecule has 116 valence electrons. The van der Waals surface area contributed by atoms with Crippen molar-refractivity contribution in [2.24, 2.45) is 0 Å². The van der Waals surface area contributed by atoms with Gasteiger partial charge in [0.1, 0.15) is 0 Å². The van der Waals surface area contributed by atoms with Crippen molar-refractivity contribution in [3.63, 3.8) is 0 Å². The van der Waals surface area contributed by atoms with E-state index in [9.17, 15) is 0 Å². The first-order valence-corrected chi connectivity index (χ1v) is 8.70. The van der Waals surface area contributed by atoms with Gasteiger partial charge in [-0.05, 0) is 51.7 Å². The maximum atomic E-state index is 5.64. The number of likely N-dealkylation sites (tertiary alicyclic amines) is 2. The van der Waals surface area contributed by atoms with Crippen molar-refractivity contribution in [3.8, 4) is 0 Å². The molecule has 2 atom stereocenters. The van der Waals surface area contributed by atoms with E-state index in [1.807, 2.05) is 0 Å². The number of nitrogens with zero attached hydrogens (tertiary/aromatic N) is 2. The van der Waals surface area contributed by atoms with Crippen molar-refractivity contribution in [1.82, 2.24) is 15.1 Å². The molecule has 0 spiro atoms. The number of hydrogen-bond donors (Lipinski definition) is 1. The number of piperidine rings is 1. The van der Waals surface area contributed by atoms with Gasteiger partial charge < -0.3 is 15.0 Å². The molecule has 4 heteroatoms. The van der Waals surface area contributed by atoms with Gasteiger partial charge in [0.15, 0.2) is 0 Å². The molecule has 0 radical (unpaired) electrons. The summed E-state index contributed by atoms with van der Waals surface area (Å²) in [7, 11) is 0. The molecule has 0 aliphatic carbocycles. The predicted molar refractivity (Wildman–Crippen MR) is 82.1 cm³/mol. The Balaban J connectivity index is 1.27. The minimum Gasteiger partial charge on any atom is -0.377 e. The van der Waals surface area contributed by atoms with Gasteiger partial charge in [-0.15, -0.1) is 0 Å². The fourth-order valence-corrected chi connectivity index (χ4v) is 3.90. The first-order valence-electron chi connectivity index (χ1n) is 8.70. The zero-order valence-electron chi connectivity index (χ0n) is 12.9. The molecule has 0 saturated carbocycles. The fourth-order valence-electron chi connectivity index (χ4n) is 3.90. The van der Waals surface area contributed by atoms with Crippen LogP contribution in [0.5, 0.6) is 0 Å². The average Bonchev–Trinajstić information content (AvgIpc) is 3.16. The predicted octanol–water partition coefficient (Wildman–Crippen LogP) is 1.32. The lowest BCUT2D eigenvalue weighted by atomic mass is 10.1. The van der Waals surface area contributed by atoms with Gasteiger partial charge in [-0.2, -0.15) is 0 Å². The summed E-state index contributed by atoms with van der Waals surface area (Å²) in [5.74, 6) is 0. The molecule has 3 rings (SSSR count). The standard InChI is InChI=1S/C16H31N3O/c1-2-8-19(9-3-1)15-6-10-18(14-15)11-7-17-13-16-5-4-12-20-16/h15-17H,1-14H2. The lowest BCUT2D eigenvalue weighted by molar-refractivity contribution is 0.109. The summed E-state index contributed by atoms with van der Waals surface area (Å²) in [6.45, 7) is 9.61. The molecule has 3 fully saturated rings. The van der Waals surface area contributed by atoms with E-state index in [1.54, 1.807) is 0 Å². The van der Waals surface area contributed by atoms with Gasteiger partial charge in [0.05, 0.1) is 6.10 Å². The molecule has 0 aromatic carbocycles. The van der Waals surface area contributed by atoms with E-state index in [0.29, 0.717) is 6.10 Å². The molecule has 4 nitrogen and oxygen atoms in total. The second kappa shape index (κ2) is 7.74. The van der Waals surface area contributed by atoms with E-state index in [-0.39, 0.29) is 0 Å². The van der Waals surface area contributed by atoms with Crippen LogP contribution in [-0.2, 0) is 4.74 Å². The highest BCUT2D eigenvalue weighted by Crippen LogP contribution is 2.19. The van der Waals surface area contributed by atoms with Gasteiger partial charge in [0.2, 0.25) is 0 Å². The van der Waals surface area contributed by atoms with Gasteiger partial charge in [0, 0.05) is 38.8 Å². The fraction of sp³-hybridized carbons (Fsp3) is 1.00. The maximum absolute atomic E-state index is 5.64. The Morgan fingerprint density at radius 1 is 1.00 bits per heavy atom. The van der Waals surface area contributed by atoms with Crippen molar-refractivity contribution in [2.75, 3.05) is 52.4 Å². The Hall–Kier alpha value is -0.160. The third-order valence-electron chi connectivity index (χ3n) is 5.16. The van der Waals surface area contributed by atoms with E-state index < -0.39 is 0 Å². The van der Waals surface area contributed by atoms with Crippen LogP contribution in [-0.4, -0.2) is 74.4 Å². The summed E-state index contributed by atoms with van der Waals surface area (Å²) in [5, 5.41) is 3.57. The van der Waals surface area contributed by atoms with E-state index in [1.165, 1.54) is 71.2 Å². The molecule has 3 heterocycles. The summed E-state index contributed by atoms with van der Waals surface area (Å²) < 4.78 is 5.64. The van der Waals surface area contributed by atoms with Gasteiger partial charge in [-0.1, -0.05) is 6.42 Å². The molecule has 0 aromatic heterocycles. The van der Waals surface area contributed by atoms with Gasteiger partial charge in [-0.3, -0.25) is 4.90 Å². The van der Waals surface area contributed by atoms with E-state index in [2.05, 4.69) is 15.1 Å². The molecular formula is C16H31N3O. The lowest BCUT2D eigenvalue weighted by Crippen LogP contribution is -2.41. The summed E-state index contributed by atoms with van der Waals surface area (Å²) in [4.78, 5) is 5.38. The Kier molecular flexibility index (Phi) is 5.71. The summed E-state index contributed by atoms with van der Waals surface area (Å²) in [5.41, 5.74) is 0. The van der Waals surface area contributed by atoms with Crippen LogP contribution in [0.3, 0.4) is 0 Å². The van der Waals surface area contributed by atoms with Crippen LogP contribution in [0.15, 0.2) is 0 Å². The first kappa shape index (κ1) is 14.8. The molecule has 0 amide bonds. The molecule has 2 unspecified atom stereocenters. The zero-order chi connectivity index (χ0) is 13.6. The third-order valence-corrected chi connectivity index (χ3v) is 5.16. The highest BCUT2D eigenvalue weighted by molar-refractivity contribution is 4.85. The summed E-state index contributed by atoms with van der Waals surface area (Å²) in [6.07, 6.45) is 8.63. The minimum atomic E-state index is 0.481. The van der Waals surface area contributed by atoms with Crippen LogP contribution in [0.2, 0.25) is 0 Å². The second-order valence-corrected chi connectivity index (χ2v) is 6.68. The second-order valence-electron chi connectivity index (χ2n) is 6.68. The number of hydrogen-bond acceptors (Lipinski definition) is 4. The number of ether oxygens (including phenoxy) is 1. The molecule has 1 N–H and O–H groups in total.